The molecule has 1 saturated carbocycles. The van der Waals surface area contributed by atoms with Crippen molar-refractivity contribution in [1.82, 2.24) is 0 Å². The number of hydrogen-bond donors (Lipinski definition) is 1. The van der Waals surface area contributed by atoms with Crippen LogP contribution in [0.1, 0.15) is 27.2 Å². The van der Waals surface area contributed by atoms with Crippen LogP contribution in [0.4, 0.5) is 0 Å². The molecule has 3 aliphatic rings. The number of allylic oxidation sites excluding steroid dienone is 2. The Bertz CT molecular complexity index is 412. The van der Waals surface area contributed by atoms with Crippen LogP contribution in [0.3, 0.4) is 0 Å². The molecule has 0 aromatic heterocycles. The maximum Gasteiger partial charge on any atom is 0.310 e. The summed E-state index contributed by atoms with van der Waals surface area (Å²) in [7, 11) is 0. The highest BCUT2D eigenvalue weighted by Crippen LogP contribution is 2.52. The standard InChI is InChI=1S/C14H20O4/c1-4-18-13(17)11-5-9-8(2)6-14(11,3)12(16)10(9)7-15/h6,9-11,15H,4-5,7H2,1-3H3/t9-,10?,11+,14-/m0/s1. The summed E-state index contributed by atoms with van der Waals surface area (Å²) in [6, 6.07) is 0. The smallest absolute Gasteiger partial charge is 0.310 e. The van der Waals surface area contributed by atoms with Gasteiger partial charge in [-0.15, -0.1) is 0 Å². The van der Waals surface area contributed by atoms with Gasteiger partial charge in [0.1, 0.15) is 5.78 Å². The number of ketones is 1. The molecule has 1 unspecified atom stereocenters. The second kappa shape index (κ2) is 4.50. The fourth-order valence-corrected chi connectivity index (χ4v) is 3.47. The molecule has 3 aliphatic carbocycles. The molecule has 0 spiro atoms. The first kappa shape index (κ1) is 13.3. The highest BCUT2D eigenvalue weighted by Gasteiger charge is 2.57. The molecule has 0 aromatic carbocycles. The van der Waals surface area contributed by atoms with E-state index in [2.05, 4.69) is 0 Å². The monoisotopic (exact) mass is 252 g/mol. The molecule has 1 N–H and O–H groups in total. The van der Waals surface area contributed by atoms with Gasteiger partial charge in [0.05, 0.1) is 24.5 Å². The van der Waals surface area contributed by atoms with Crippen LogP contribution < -0.4 is 0 Å². The molecule has 4 atom stereocenters. The molecule has 0 amide bonds. The van der Waals surface area contributed by atoms with Crippen molar-refractivity contribution in [2.75, 3.05) is 13.2 Å². The second-order valence-electron chi connectivity index (χ2n) is 5.47. The number of fused-ring (bicyclic) bond motifs is 2. The summed E-state index contributed by atoms with van der Waals surface area (Å²) in [5, 5.41) is 9.38. The molecule has 0 radical (unpaired) electrons. The van der Waals surface area contributed by atoms with Crippen LogP contribution in [0.2, 0.25) is 0 Å². The van der Waals surface area contributed by atoms with Gasteiger partial charge in [-0.1, -0.05) is 11.6 Å². The number of hydrogen-bond acceptors (Lipinski definition) is 4. The van der Waals surface area contributed by atoms with Gasteiger partial charge >= 0.3 is 5.97 Å². The molecule has 4 heteroatoms. The quantitative estimate of drug-likeness (QED) is 0.608. The van der Waals surface area contributed by atoms with Gasteiger partial charge in [-0.2, -0.15) is 0 Å². The average Bonchev–Trinajstić information content (AvgIpc) is 2.31. The lowest BCUT2D eigenvalue weighted by Crippen LogP contribution is -2.54. The van der Waals surface area contributed by atoms with Crippen molar-refractivity contribution in [2.24, 2.45) is 23.2 Å². The van der Waals surface area contributed by atoms with Crippen LogP contribution in [0.15, 0.2) is 11.6 Å². The van der Waals surface area contributed by atoms with E-state index in [1.165, 1.54) is 0 Å². The Hall–Kier alpha value is -1.16. The number of esters is 1. The Labute approximate surface area is 107 Å². The fourth-order valence-electron chi connectivity index (χ4n) is 3.47. The normalized spacial score (nSPS) is 38.6. The predicted octanol–water partition coefficient (Wildman–Crippen LogP) is 1.33. The van der Waals surface area contributed by atoms with Gasteiger partial charge in [0.15, 0.2) is 0 Å². The molecule has 0 heterocycles. The summed E-state index contributed by atoms with van der Waals surface area (Å²) < 4.78 is 5.07. The zero-order chi connectivity index (χ0) is 13.5. The van der Waals surface area contributed by atoms with Crippen molar-refractivity contribution in [3.8, 4) is 0 Å². The minimum atomic E-state index is -0.807. The zero-order valence-electron chi connectivity index (χ0n) is 11.1. The van der Waals surface area contributed by atoms with E-state index in [1.54, 1.807) is 13.8 Å². The molecular formula is C14H20O4. The summed E-state index contributed by atoms with van der Waals surface area (Å²) in [6.07, 6.45) is 2.51. The third kappa shape index (κ3) is 1.70. The van der Waals surface area contributed by atoms with Crippen LogP contribution in [-0.4, -0.2) is 30.1 Å². The van der Waals surface area contributed by atoms with Crippen molar-refractivity contribution < 1.29 is 19.4 Å². The van der Waals surface area contributed by atoms with E-state index in [1.807, 2.05) is 13.0 Å². The van der Waals surface area contributed by atoms with Gasteiger partial charge in [-0.3, -0.25) is 9.59 Å². The molecule has 0 aliphatic heterocycles. The third-order valence-corrected chi connectivity index (χ3v) is 4.45. The van der Waals surface area contributed by atoms with Gasteiger partial charge in [0.2, 0.25) is 0 Å². The Morgan fingerprint density at radius 2 is 2.28 bits per heavy atom. The minimum Gasteiger partial charge on any atom is -0.466 e. The maximum atomic E-state index is 12.4. The van der Waals surface area contributed by atoms with E-state index >= 15 is 0 Å². The summed E-state index contributed by atoms with van der Waals surface area (Å²) in [5.41, 5.74) is 0.301. The van der Waals surface area contributed by atoms with Crippen molar-refractivity contribution in [1.29, 1.82) is 0 Å². The topological polar surface area (TPSA) is 63.6 Å². The van der Waals surface area contributed by atoms with Crippen molar-refractivity contribution in [3.63, 3.8) is 0 Å². The summed E-state index contributed by atoms with van der Waals surface area (Å²) in [6.45, 7) is 5.72. The van der Waals surface area contributed by atoms with E-state index in [0.717, 1.165) is 5.57 Å². The summed E-state index contributed by atoms with van der Waals surface area (Å²) in [4.78, 5) is 24.4. The zero-order valence-corrected chi connectivity index (χ0v) is 11.1. The van der Waals surface area contributed by atoms with E-state index in [0.29, 0.717) is 13.0 Å². The molecule has 18 heavy (non-hydrogen) atoms. The van der Waals surface area contributed by atoms with Gasteiger partial charge in [-0.25, -0.2) is 0 Å². The lowest BCUT2D eigenvalue weighted by Gasteiger charge is -2.49. The van der Waals surface area contributed by atoms with Crippen molar-refractivity contribution in [3.05, 3.63) is 11.6 Å². The van der Waals surface area contributed by atoms with Crippen LogP contribution in [-0.2, 0) is 14.3 Å². The number of rotatable bonds is 3. The molecule has 0 saturated heterocycles. The molecule has 3 rings (SSSR count). The van der Waals surface area contributed by atoms with Gasteiger partial charge < -0.3 is 9.84 Å². The van der Waals surface area contributed by atoms with Crippen LogP contribution >= 0.6 is 0 Å². The van der Waals surface area contributed by atoms with Gasteiger partial charge in [0, 0.05) is 5.92 Å². The Morgan fingerprint density at radius 1 is 1.61 bits per heavy atom. The maximum absolute atomic E-state index is 12.4. The van der Waals surface area contributed by atoms with Crippen molar-refractivity contribution >= 4 is 11.8 Å². The summed E-state index contributed by atoms with van der Waals surface area (Å²) >= 11 is 0. The molecule has 4 nitrogen and oxygen atoms in total. The first-order chi connectivity index (χ1) is 8.45. The molecule has 100 valence electrons. The lowest BCUT2D eigenvalue weighted by molar-refractivity contribution is -0.162. The molecular weight excluding hydrogens is 232 g/mol. The molecule has 2 bridgehead atoms. The number of aliphatic hydroxyl groups is 1. The highest BCUT2D eigenvalue weighted by molar-refractivity contribution is 5.96. The van der Waals surface area contributed by atoms with Crippen LogP contribution in [0, 0.1) is 23.2 Å². The predicted molar refractivity (Wildman–Crippen MR) is 65.7 cm³/mol. The SMILES string of the molecule is CCOC(=O)[C@H]1C[C@H]2C(C)=C[C@]1(C)C(=O)C2CO. The first-order valence-electron chi connectivity index (χ1n) is 6.46. The third-order valence-electron chi connectivity index (χ3n) is 4.45. The number of ether oxygens (including phenoxy) is 1. The minimum absolute atomic E-state index is 0.0151. The molecule has 1 fully saturated rings. The van der Waals surface area contributed by atoms with E-state index in [9.17, 15) is 14.7 Å². The number of aliphatic hydroxyl groups excluding tert-OH is 1. The van der Waals surface area contributed by atoms with Crippen LogP contribution in [0.25, 0.3) is 0 Å². The van der Waals surface area contributed by atoms with Crippen LogP contribution in [0.5, 0.6) is 0 Å². The molecule has 0 aromatic rings. The van der Waals surface area contributed by atoms with E-state index in [4.69, 9.17) is 4.74 Å². The lowest BCUT2D eigenvalue weighted by atomic mass is 9.53. The van der Waals surface area contributed by atoms with Gasteiger partial charge in [0.25, 0.3) is 0 Å². The fraction of sp³-hybridized carbons (Fsp3) is 0.714. The van der Waals surface area contributed by atoms with E-state index < -0.39 is 11.3 Å². The number of Topliss-reactive ketones (excluding diaryl/α,β-unsaturated/α-hetero) is 1. The highest BCUT2D eigenvalue weighted by atomic mass is 16.5. The first-order valence-corrected chi connectivity index (χ1v) is 6.46. The Balaban J connectivity index is 2.37. The summed E-state index contributed by atoms with van der Waals surface area (Å²) in [5.74, 6) is -1.09. The van der Waals surface area contributed by atoms with E-state index in [-0.39, 0.29) is 30.2 Å². The largest absolute Gasteiger partial charge is 0.466 e. The van der Waals surface area contributed by atoms with Gasteiger partial charge in [-0.05, 0) is 33.1 Å². The average molecular weight is 252 g/mol. The Morgan fingerprint density at radius 3 is 2.83 bits per heavy atom. The number of carbonyl (C=O) groups excluding carboxylic acids is 2. The van der Waals surface area contributed by atoms with Crippen molar-refractivity contribution in [2.45, 2.75) is 27.2 Å². The number of carbonyl (C=O) groups is 2. The Kier molecular flexibility index (Phi) is 3.32. The second-order valence-corrected chi connectivity index (χ2v) is 5.47.